The van der Waals surface area contributed by atoms with Crippen LogP contribution in [0, 0.1) is 57.7 Å². The lowest BCUT2D eigenvalue weighted by molar-refractivity contribution is -0.203. The Morgan fingerprint density at radius 1 is 1.14 bits per heavy atom. The van der Waals surface area contributed by atoms with Gasteiger partial charge in [-0.1, -0.05) is 39.7 Å². The number of hydrogen-bond acceptors (Lipinski definition) is 4. The summed E-state index contributed by atoms with van der Waals surface area (Å²) in [5.74, 6) is 4.19. The van der Waals surface area contributed by atoms with E-state index in [9.17, 15) is 4.79 Å². The number of esters is 1. The second kappa shape index (κ2) is 13.2. The number of rotatable bonds is 12. The van der Waals surface area contributed by atoms with Crippen molar-refractivity contribution in [2.45, 2.75) is 131 Å². The summed E-state index contributed by atoms with van der Waals surface area (Å²) >= 11 is 0. The van der Waals surface area contributed by atoms with Gasteiger partial charge in [0.2, 0.25) is 0 Å². The molecule has 4 aliphatic rings. The molecule has 2 N–H and O–H groups in total. The van der Waals surface area contributed by atoms with Crippen molar-refractivity contribution >= 4 is 19.8 Å². The fourth-order valence-corrected chi connectivity index (χ4v) is 12.6. The van der Waals surface area contributed by atoms with Crippen molar-refractivity contribution in [3.63, 3.8) is 0 Å². The van der Waals surface area contributed by atoms with Crippen LogP contribution in [0.2, 0.25) is 0 Å². The molecule has 11 atom stereocenters. The summed E-state index contributed by atoms with van der Waals surface area (Å²) in [5, 5.41) is 0. The van der Waals surface area contributed by atoms with Gasteiger partial charge in [-0.25, -0.2) is 0 Å². The number of carbonyl (C=O) groups excluding carboxylic acids is 1. The lowest BCUT2D eigenvalue weighted by atomic mass is 9.41. The zero-order chi connectivity index (χ0) is 32.0. The Balaban J connectivity index is 1.61. The van der Waals surface area contributed by atoms with Crippen LogP contribution in [0.1, 0.15) is 119 Å². The summed E-state index contributed by atoms with van der Waals surface area (Å²) in [6, 6.07) is 0. The predicted octanol–water partition coefficient (Wildman–Crippen LogP) is 8.97. The molecule has 0 aromatic rings. The highest BCUT2D eigenvalue weighted by atomic mass is 31.1. The Hall–Kier alpha value is -0.700. The van der Waals surface area contributed by atoms with Crippen LogP contribution < -0.4 is 5.73 Å². The van der Waals surface area contributed by atoms with Gasteiger partial charge in [-0.3, -0.25) is 9.69 Å². The van der Waals surface area contributed by atoms with E-state index in [-0.39, 0.29) is 25.0 Å². The van der Waals surface area contributed by atoms with Crippen molar-refractivity contribution in [1.82, 2.24) is 4.90 Å². The molecule has 0 bridgehead atoms. The molecule has 246 valence electrons. The molecule has 4 rings (SSSR count). The van der Waals surface area contributed by atoms with Gasteiger partial charge >= 0.3 is 5.97 Å². The average Bonchev–Trinajstić information content (AvgIpc) is 3.24. The number of allylic oxidation sites excluding steroid dienone is 1. The first-order chi connectivity index (χ1) is 19.9. The zero-order valence-electron chi connectivity index (χ0n) is 29.6. The molecule has 0 aliphatic heterocycles. The molecule has 0 aromatic carbocycles. The number of ether oxygens (including phenoxy) is 1. The smallest absolute Gasteiger partial charge is 0.311 e. The van der Waals surface area contributed by atoms with Crippen molar-refractivity contribution in [3.8, 4) is 0 Å². The van der Waals surface area contributed by atoms with Crippen LogP contribution in [0.25, 0.3) is 0 Å². The van der Waals surface area contributed by atoms with Crippen LogP contribution in [0.5, 0.6) is 0 Å². The monoisotopic (exact) mass is 616 g/mol. The Labute approximate surface area is 267 Å². The van der Waals surface area contributed by atoms with E-state index in [1.807, 2.05) is 27.7 Å². The molecule has 0 saturated heterocycles. The first-order valence-corrected chi connectivity index (χ1v) is 19.9. The van der Waals surface area contributed by atoms with Crippen LogP contribution in [-0.2, 0) is 9.53 Å². The van der Waals surface area contributed by atoms with Crippen molar-refractivity contribution in [2.24, 2.45) is 63.4 Å². The molecular formula is C38H68N2O2P+. The third kappa shape index (κ3) is 7.17. The Bertz CT molecular complexity index is 1020. The van der Waals surface area contributed by atoms with E-state index in [4.69, 9.17) is 10.5 Å². The third-order valence-corrected chi connectivity index (χ3v) is 14.2. The van der Waals surface area contributed by atoms with Gasteiger partial charge in [0.25, 0.3) is 0 Å². The molecule has 0 heterocycles. The van der Waals surface area contributed by atoms with E-state index < -0.39 is 11.0 Å². The van der Waals surface area contributed by atoms with Gasteiger partial charge in [-0.05, 0) is 139 Å². The minimum atomic E-state index is -0.588. The Morgan fingerprint density at radius 2 is 1.84 bits per heavy atom. The van der Waals surface area contributed by atoms with E-state index in [0.29, 0.717) is 53.3 Å². The van der Waals surface area contributed by atoms with Gasteiger partial charge in [-0.2, -0.15) is 0 Å². The summed E-state index contributed by atoms with van der Waals surface area (Å²) in [4.78, 5) is 16.4. The molecule has 0 aromatic heterocycles. The summed E-state index contributed by atoms with van der Waals surface area (Å²) in [7, 11) is 2.13. The Kier molecular flexibility index (Phi) is 10.8. The van der Waals surface area contributed by atoms with E-state index in [1.165, 1.54) is 64.3 Å². The highest BCUT2D eigenvalue weighted by Gasteiger charge is 2.65. The standard InChI is InChI=1S/C38H68N2O2P/c1-12-27-22-31-33(30-19-18-29(38(27,30)8)26(2)16-15-21-40(9)25-43(10)11)32(23-28-17-13-14-20-37(28,31)7)42-34(41)35(3,4)24-36(5,6)39/h12,26-33H,1,10,13-25,39H2,2-9,11H3/q+1. The highest BCUT2D eigenvalue weighted by Crippen LogP contribution is 2.70. The Morgan fingerprint density at radius 3 is 2.47 bits per heavy atom. The van der Waals surface area contributed by atoms with Crippen LogP contribution in [0.4, 0.5) is 0 Å². The van der Waals surface area contributed by atoms with E-state index in [0.717, 1.165) is 12.7 Å². The lowest BCUT2D eigenvalue weighted by Gasteiger charge is -2.64. The number of hydrogen-bond donors (Lipinski definition) is 1. The lowest BCUT2D eigenvalue weighted by Crippen LogP contribution is -2.61. The minimum absolute atomic E-state index is 0.0261. The molecule has 4 fully saturated rings. The molecule has 0 spiro atoms. The first-order valence-electron chi connectivity index (χ1n) is 17.8. The summed E-state index contributed by atoms with van der Waals surface area (Å²) in [6.45, 7) is 23.8. The largest absolute Gasteiger partial charge is 0.462 e. The summed E-state index contributed by atoms with van der Waals surface area (Å²) in [6.07, 6.45) is 21.1. The molecular weight excluding hydrogens is 547 g/mol. The third-order valence-electron chi connectivity index (χ3n) is 13.2. The van der Waals surface area contributed by atoms with E-state index >= 15 is 0 Å². The van der Waals surface area contributed by atoms with Crippen molar-refractivity contribution in [3.05, 3.63) is 12.7 Å². The second-order valence-corrected chi connectivity index (χ2v) is 19.8. The maximum Gasteiger partial charge on any atom is 0.311 e. The summed E-state index contributed by atoms with van der Waals surface area (Å²) in [5.41, 5.74) is 5.99. The van der Waals surface area contributed by atoms with Gasteiger partial charge < -0.3 is 10.5 Å². The number of nitrogens with two attached hydrogens (primary N) is 1. The SMILES string of the molecule is C=CC1CC2C(C(OC(=O)C(C)(C)CC(C)(C)N)CC3CCCCC32C)C2CCC(C(C)CCCN(C)C[P+](=C)C)C12C. The van der Waals surface area contributed by atoms with Gasteiger partial charge in [0.15, 0.2) is 6.29 Å². The molecule has 4 saturated carbocycles. The van der Waals surface area contributed by atoms with Crippen molar-refractivity contribution in [2.75, 3.05) is 26.5 Å². The number of carbonyl (C=O) groups is 1. The predicted molar refractivity (Wildman–Crippen MR) is 187 cm³/mol. The number of fused-ring (bicyclic) bond motifs is 5. The molecule has 4 nitrogen and oxygen atoms in total. The van der Waals surface area contributed by atoms with Crippen molar-refractivity contribution in [1.29, 1.82) is 0 Å². The highest BCUT2D eigenvalue weighted by molar-refractivity contribution is 7.54. The fourth-order valence-electron chi connectivity index (χ4n) is 11.6. The molecule has 11 unspecified atom stereocenters. The van der Waals surface area contributed by atoms with Crippen molar-refractivity contribution < 1.29 is 9.53 Å². The maximum absolute atomic E-state index is 13.9. The van der Waals surface area contributed by atoms with Crippen LogP contribution in [-0.4, -0.2) is 55.4 Å². The zero-order valence-corrected chi connectivity index (χ0v) is 30.5. The second-order valence-electron chi connectivity index (χ2n) is 17.8. The van der Waals surface area contributed by atoms with E-state index in [2.05, 4.69) is 58.3 Å². The average molecular weight is 616 g/mol. The van der Waals surface area contributed by atoms with Gasteiger partial charge in [0.1, 0.15) is 6.10 Å². The van der Waals surface area contributed by atoms with Gasteiger partial charge in [-0.15, -0.1) is 6.58 Å². The first kappa shape index (κ1) is 35.2. The fraction of sp³-hybridized carbons (Fsp3) is 0.895. The van der Waals surface area contributed by atoms with Crippen LogP contribution in [0.15, 0.2) is 12.7 Å². The maximum atomic E-state index is 13.9. The molecule has 0 amide bonds. The van der Waals surface area contributed by atoms with Gasteiger partial charge in [0.05, 0.1) is 25.9 Å². The molecule has 5 heteroatoms. The minimum Gasteiger partial charge on any atom is -0.462 e. The molecule has 4 aliphatic carbocycles. The van der Waals surface area contributed by atoms with E-state index in [1.54, 1.807) is 0 Å². The normalized spacial score (nSPS) is 39.0. The number of nitrogens with zero attached hydrogens (tertiary/aromatic N) is 1. The van der Waals surface area contributed by atoms with Gasteiger partial charge in [0, 0.05) is 18.0 Å². The molecule has 0 radical (unpaired) electrons. The van der Waals surface area contributed by atoms with Crippen LogP contribution >= 0.6 is 7.55 Å². The topological polar surface area (TPSA) is 55.6 Å². The van der Waals surface area contributed by atoms with Crippen LogP contribution in [0.3, 0.4) is 0 Å². The summed E-state index contributed by atoms with van der Waals surface area (Å²) < 4.78 is 6.78. The quantitative estimate of drug-likeness (QED) is 0.135. The molecule has 43 heavy (non-hydrogen) atoms.